The van der Waals surface area contributed by atoms with Crippen molar-refractivity contribution in [1.29, 1.82) is 0 Å². The van der Waals surface area contributed by atoms with Crippen LogP contribution in [-0.4, -0.2) is 23.3 Å². The highest BCUT2D eigenvalue weighted by atomic mass is 32.1. The van der Waals surface area contributed by atoms with Gasteiger partial charge in [0.1, 0.15) is 0 Å². The Morgan fingerprint density at radius 2 is 2.20 bits per heavy atom. The molecule has 0 aliphatic carbocycles. The number of rotatable bonds is 6. The maximum Gasteiger partial charge on any atom is 0.252 e. The van der Waals surface area contributed by atoms with Crippen LogP contribution in [0.1, 0.15) is 26.7 Å². The van der Waals surface area contributed by atoms with E-state index in [0.29, 0.717) is 18.7 Å². The minimum Gasteiger partial charge on any atom is -0.351 e. The van der Waals surface area contributed by atoms with Gasteiger partial charge in [0.2, 0.25) is 5.91 Å². The first-order chi connectivity index (χ1) is 9.65. The van der Waals surface area contributed by atoms with E-state index >= 15 is 0 Å². The molecule has 0 radical (unpaired) electrons. The van der Waals surface area contributed by atoms with Crippen LogP contribution in [0.2, 0.25) is 0 Å². The molecule has 0 fully saturated rings. The maximum atomic E-state index is 11.6. The van der Waals surface area contributed by atoms with E-state index in [1.807, 2.05) is 12.3 Å². The zero-order chi connectivity index (χ0) is 14.4. The summed E-state index contributed by atoms with van der Waals surface area (Å²) in [5.74, 6) is -0.223. The zero-order valence-electron chi connectivity index (χ0n) is 11.0. The predicted molar refractivity (Wildman–Crippen MR) is 80.0 cm³/mol. The maximum absolute atomic E-state index is 11.6. The highest BCUT2D eigenvalue weighted by Gasteiger charge is 2.07. The molecule has 0 bridgehead atoms. The Bertz CT molecular complexity index is 578. The van der Waals surface area contributed by atoms with E-state index < -0.39 is 0 Å². The number of thiazole rings is 1. The van der Waals surface area contributed by atoms with Gasteiger partial charge in [0, 0.05) is 35.0 Å². The Morgan fingerprint density at radius 1 is 1.35 bits per heavy atom. The van der Waals surface area contributed by atoms with Crippen molar-refractivity contribution in [3.8, 4) is 0 Å². The van der Waals surface area contributed by atoms with Gasteiger partial charge in [0.15, 0.2) is 0 Å². The number of hydrogen-bond acceptors (Lipinski definition) is 5. The molecule has 2 aromatic heterocycles. The molecule has 0 saturated heterocycles. The summed E-state index contributed by atoms with van der Waals surface area (Å²) in [6, 6.07) is 1.76. The molecular weight excluding hydrogens is 294 g/mol. The highest BCUT2D eigenvalue weighted by molar-refractivity contribution is 7.11. The molecule has 7 heteroatoms. The number of nitrogens with one attached hydrogen (secondary N) is 2. The van der Waals surface area contributed by atoms with Gasteiger partial charge in [-0.2, -0.15) is 11.3 Å². The molecule has 0 aromatic carbocycles. The minimum absolute atomic E-state index is 0.0818. The molecule has 0 spiro atoms. The molecule has 106 valence electrons. The third kappa shape index (κ3) is 4.43. The van der Waals surface area contributed by atoms with Gasteiger partial charge >= 0.3 is 0 Å². The Hall–Kier alpha value is -1.73. The zero-order valence-corrected chi connectivity index (χ0v) is 12.6. The number of carbonyl (C=O) groups is 2. The number of aromatic nitrogens is 1. The fraction of sp³-hybridized carbons (Fsp3) is 0.308. The van der Waals surface area contributed by atoms with E-state index in [0.717, 1.165) is 9.88 Å². The van der Waals surface area contributed by atoms with Crippen molar-refractivity contribution in [1.82, 2.24) is 15.6 Å². The van der Waals surface area contributed by atoms with Crippen molar-refractivity contribution in [2.45, 2.75) is 19.9 Å². The van der Waals surface area contributed by atoms with Crippen molar-refractivity contribution in [2.75, 3.05) is 6.54 Å². The number of thiophene rings is 1. The smallest absolute Gasteiger partial charge is 0.252 e. The van der Waals surface area contributed by atoms with Crippen molar-refractivity contribution in [3.63, 3.8) is 0 Å². The first kappa shape index (κ1) is 14.7. The van der Waals surface area contributed by atoms with E-state index in [2.05, 4.69) is 15.6 Å². The Labute approximate surface area is 125 Å². The lowest BCUT2D eigenvalue weighted by molar-refractivity contribution is -0.121. The highest BCUT2D eigenvalue weighted by Crippen LogP contribution is 2.10. The Morgan fingerprint density at radius 3 is 2.85 bits per heavy atom. The summed E-state index contributed by atoms with van der Waals surface area (Å²) in [5.41, 5.74) is 0.635. The predicted octanol–water partition coefficient (Wildman–Crippen LogP) is 1.95. The molecule has 2 N–H and O–H groups in total. The minimum atomic E-state index is -0.142. The summed E-state index contributed by atoms with van der Waals surface area (Å²) >= 11 is 3.03. The van der Waals surface area contributed by atoms with Crippen LogP contribution in [0.4, 0.5) is 0 Å². The molecule has 2 aromatic rings. The van der Waals surface area contributed by atoms with Crippen LogP contribution in [0.3, 0.4) is 0 Å². The summed E-state index contributed by atoms with van der Waals surface area (Å²) in [4.78, 5) is 28.4. The van der Waals surface area contributed by atoms with Crippen LogP contribution in [0.15, 0.2) is 23.0 Å². The van der Waals surface area contributed by atoms with Crippen molar-refractivity contribution < 1.29 is 9.59 Å². The average molecular weight is 309 g/mol. The van der Waals surface area contributed by atoms with Crippen LogP contribution in [0.5, 0.6) is 0 Å². The standard InChI is InChI=1S/C13H15N3O2S2/c1-9-15-6-11(20-9)7-16-12(17)2-4-14-13(18)10-3-5-19-8-10/h3,5-6,8H,2,4,7H2,1H3,(H,14,18)(H,16,17). The SMILES string of the molecule is Cc1ncc(CNC(=O)CCNC(=O)c2ccsc2)s1. The van der Waals surface area contributed by atoms with Crippen LogP contribution >= 0.6 is 22.7 Å². The lowest BCUT2D eigenvalue weighted by atomic mass is 10.3. The molecule has 2 rings (SSSR count). The Balaban J connectivity index is 1.64. The van der Waals surface area contributed by atoms with Crippen LogP contribution in [0.25, 0.3) is 0 Å². The van der Waals surface area contributed by atoms with Crippen LogP contribution in [0, 0.1) is 6.92 Å². The average Bonchev–Trinajstić information content (AvgIpc) is 3.07. The molecule has 0 atom stereocenters. The van der Waals surface area contributed by atoms with Crippen molar-refractivity contribution in [3.05, 3.63) is 38.5 Å². The summed E-state index contributed by atoms with van der Waals surface area (Å²) in [6.45, 7) is 2.75. The summed E-state index contributed by atoms with van der Waals surface area (Å²) in [6.07, 6.45) is 2.03. The lowest BCUT2D eigenvalue weighted by Crippen LogP contribution is -2.30. The number of hydrogen-bond donors (Lipinski definition) is 2. The van der Waals surface area contributed by atoms with Gasteiger partial charge in [-0.3, -0.25) is 9.59 Å². The molecule has 2 amide bonds. The van der Waals surface area contributed by atoms with E-state index in [4.69, 9.17) is 0 Å². The van der Waals surface area contributed by atoms with Crippen LogP contribution in [-0.2, 0) is 11.3 Å². The second-order valence-corrected chi connectivity index (χ2v) is 6.24. The Kier molecular flexibility index (Phi) is 5.25. The molecular formula is C13H15N3O2S2. The summed E-state index contributed by atoms with van der Waals surface area (Å²) in [5, 5.41) is 10.1. The summed E-state index contributed by atoms with van der Waals surface area (Å²) in [7, 11) is 0. The first-order valence-electron chi connectivity index (χ1n) is 6.13. The van der Waals surface area contributed by atoms with E-state index in [-0.39, 0.29) is 18.2 Å². The number of aryl methyl sites for hydroxylation is 1. The van der Waals surface area contributed by atoms with Crippen molar-refractivity contribution >= 4 is 34.5 Å². The lowest BCUT2D eigenvalue weighted by Gasteiger charge is -2.05. The fourth-order valence-corrected chi connectivity index (χ4v) is 2.92. The first-order valence-corrected chi connectivity index (χ1v) is 7.89. The monoisotopic (exact) mass is 309 g/mol. The van der Waals surface area contributed by atoms with Gasteiger partial charge in [-0.05, 0) is 18.4 Å². The number of amides is 2. The quantitative estimate of drug-likeness (QED) is 0.857. The summed E-state index contributed by atoms with van der Waals surface area (Å²) < 4.78 is 0. The van der Waals surface area contributed by atoms with Gasteiger partial charge < -0.3 is 10.6 Å². The third-order valence-electron chi connectivity index (χ3n) is 2.55. The fourth-order valence-electron chi connectivity index (χ4n) is 1.55. The number of nitrogens with zero attached hydrogens (tertiary/aromatic N) is 1. The molecule has 0 aliphatic heterocycles. The second kappa shape index (κ2) is 7.16. The van der Waals surface area contributed by atoms with E-state index in [1.54, 1.807) is 29.0 Å². The molecule has 0 saturated carbocycles. The van der Waals surface area contributed by atoms with Gasteiger partial charge in [-0.1, -0.05) is 0 Å². The third-order valence-corrected chi connectivity index (χ3v) is 4.15. The van der Waals surface area contributed by atoms with Gasteiger partial charge in [0.25, 0.3) is 5.91 Å². The molecule has 0 aliphatic rings. The number of carbonyl (C=O) groups excluding carboxylic acids is 2. The van der Waals surface area contributed by atoms with Gasteiger partial charge in [-0.15, -0.1) is 11.3 Å². The van der Waals surface area contributed by atoms with Crippen LogP contribution < -0.4 is 10.6 Å². The normalized spacial score (nSPS) is 10.2. The molecule has 5 nitrogen and oxygen atoms in total. The van der Waals surface area contributed by atoms with Gasteiger partial charge in [-0.25, -0.2) is 4.98 Å². The van der Waals surface area contributed by atoms with Crippen molar-refractivity contribution in [2.24, 2.45) is 0 Å². The van der Waals surface area contributed by atoms with E-state index in [9.17, 15) is 9.59 Å². The molecule has 0 unspecified atom stereocenters. The second-order valence-electron chi connectivity index (χ2n) is 4.14. The largest absolute Gasteiger partial charge is 0.351 e. The van der Waals surface area contributed by atoms with Gasteiger partial charge in [0.05, 0.1) is 11.6 Å². The topological polar surface area (TPSA) is 71.1 Å². The molecule has 20 heavy (non-hydrogen) atoms. The molecule has 2 heterocycles. The van der Waals surface area contributed by atoms with E-state index in [1.165, 1.54) is 11.3 Å².